The van der Waals surface area contributed by atoms with E-state index in [0.717, 1.165) is 49.2 Å². The molecule has 1 heterocycles. The van der Waals surface area contributed by atoms with Gasteiger partial charge in [-0.15, -0.1) is 0 Å². The lowest BCUT2D eigenvalue weighted by atomic mass is 10.2. The number of carbonyl (C=O) groups is 2. The van der Waals surface area contributed by atoms with Gasteiger partial charge in [-0.1, -0.05) is 15.9 Å². The molecule has 5 nitrogen and oxygen atoms in total. The van der Waals surface area contributed by atoms with Crippen molar-refractivity contribution in [2.45, 2.75) is 12.8 Å². The zero-order valence-electron chi connectivity index (χ0n) is 12.4. The Morgan fingerprint density at radius 3 is 2.32 bits per heavy atom. The van der Waals surface area contributed by atoms with Crippen LogP contribution in [0, 0.1) is 5.92 Å². The summed E-state index contributed by atoms with van der Waals surface area (Å²) in [6.07, 6.45) is 2.10. The number of piperazine rings is 1. The van der Waals surface area contributed by atoms with E-state index in [1.54, 1.807) is 0 Å². The van der Waals surface area contributed by atoms with Crippen LogP contribution in [0.4, 0.5) is 5.69 Å². The number of benzene rings is 1. The fraction of sp³-hybridized carbons (Fsp3) is 0.500. The second-order valence-corrected chi connectivity index (χ2v) is 6.85. The van der Waals surface area contributed by atoms with Crippen molar-refractivity contribution < 1.29 is 9.59 Å². The predicted octanol–water partition coefficient (Wildman–Crippen LogP) is 1.94. The van der Waals surface area contributed by atoms with Gasteiger partial charge in [0, 0.05) is 42.3 Å². The van der Waals surface area contributed by atoms with Gasteiger partial charge in [0.05, 0.1) is 6.54 Å². The highest BCUT2D eigenvalue weighted by molar-refractivity contribution is 9.10. The molecule has 0 unspecified atom stereocenters. The minimum atomic E-state index is -0.00991. The summed E-state index contributed by atoms with van der Waals surface area (Å²) in [4.78, 5) is 28.1. The number of hydrogen-bond acceptors (Lipinski definition) is 3. The Hall–Kier alpha value is -1.40. The van der Waals surface area contributed by atoms with Gasteiger partial charge in [0.25, 0.3) is 0 Å². The third-order valence-corrected chi connectivity index (χ3v) is 4.63. The number of nitrogens with zero attached hydrogens (tertiary/aromatic N) is 2. The molecule has 1 aromatic rings. The summed E-state index contributed by atoms with van der Waals surface area (Å²) < 4.78 is 0.988. The molecule has 6 heteroatoms. The van der Waals surface area contributed by atoms with Crippen LogP contribution in [0.15, 0.2) is 28.7 Å². The molecular formula is C16H20BrN3O2. The first-order valence-corrected chi connectivity index (χ1v) is 8.48. The molecule has 0 radical (unpaired) electrons. The van der Waals surface area contributed by atoms with Crippen LogP contribution in [0.2, 0.25) is 0 Å². The highest BCUT2D eigenvalue weighted by atomic mass is 79.9. The first kappa shape index (κ1) is 15.5. The number of amides is 2. The summed E-state index contributed by atoms with van der Waals surface area (Å²) in [5.41, 5.74) is 0.802. The van der Waals surface area contributed by atoms with Gasteiger partial charge in [-0.2, -0.15) is 0 Å². The fourth-order valence-electron chi connectivity index (χ4n) is 2.65. The summed E-state index contributed by atoms with van der Waals surface area (Å²) >= 11 is 3.37. The maximum Gasteiger partial charge on any atom is 0.238 e. The third kappa shape index (κ3) is 4.08. The third-order valence-electron chi connectivity index (χ3n) is 4.11. The van der Waals surface area contributed by atoms with Crippen LogP contribution < -0.4 is 5.32 Å². The standard InChI is InChI=1S/C16H20BrN3O2/c17-13-3-5-14(6-4-13)18-15(21)11-19-7-9-20(10-8-19)16(22)12-1-2-12/h3-6,12H,1-2,7-11H2,(H,18,21). The smallest absolute Gasteiger partial charge is 0.238 e. The molecule has 0 bridgehead atoms. The second kappa shape index (κ2) is 6.79. The van der Waals surface area contributed by atoms with Crippen molar-refractivity contribution in [3.8, 4) is 0 Å². The van der Waals surface area contributed by atoms with Crippen LogP contribution in [0.1, 0.15) is 12.8 Å². The van der Waals surface area contributed by atoms with Crippen molar-refractivity contribution >= 4 is 33.4 Å². The van der Waals surface area contributed by atoms with E-state index in [-0.39, 0.29) is 11.8 Å². The second-order valence-electron chi connectivity index (χ2n) is 5.93. The predicted molar refractivity (Wildman–Crippen MR) is 88.5 cm³/mol. The molecule has 2 amide bonds. The van der Waals surface area contributed by atoms with Gasteiger partial charge in [0.2, 0.25) is 11.8 Å². The van der Waals surface area contributed by atoms with Crippen molar-refractivity contribution in [2.24, 2.45) is 5.92 Å². The molecule has 1 saturated heterocycles. The molecule has 0 atom stereocenters. The summed E-state index contributed by atoms with van der Waals surface area (Å²) in [6.45, 7) is 3.39. The fourth-order valence-corrected chi connectivity index (χ4v) is 2.92. The van der Waals surface area contributed by atoms with E-state index in [2.05, 4.69) is 26.1 Å². The molecule has 2 fully saturated rings. The Balaban J connectivity index is 1.43. The van der Waals surface area contributed by atoms with E-state index >= 15 is 0 Å². The largest absolute Gasteiger partial charge is 0.340 e. The molecule has 2 aliphatic rings. The minimum Gasteiger partial charge on any atom is -0.340 e. The normalized spacial score (nSPS) is 19.0. The highest BCUT2D eigenvalue weighted by Crippen LogP contribution is 2.31. The average molecular weight is 366 g/mol. The maximum atomic E-state index is 12.1. The number of nitrogens with one attached hydrogen (secondary N) is 1. The molecule has 1 N–H and O–H groups in total. The minimum absolute atomic E-state index is 0.00991. The monoisotopic (exact) mass is 365 g/mol. The molecule has 3 rings (SSSR count). The molecule has 0 aromatic heterocycles. The van der Waals surface area contributed by atoms with Crippen LogP contribution in [0.3, 0.4) is 0 Å². The summed E-state index contributed by atoms with van der Waals surface area (Å²) in [7, 11) is 0. The van der Waals surface area contributed by atoms with Gasteiger partial charge >= 0.3 is 0 Å². The summed E-state index contributed by atoms with van der Waals surface area (Å²) in [5.74, 6) is 0.579. The Labute approximate surface area is 138 Å². The van der Waals surface area contributed by atoms with Gasteiger partial charge in [0.15, 0.2) is 0 Å². The average Bonchev–Trinajstić information content (AvgIpc) is 3.34. The van der Waals surface area contributed by atoms with Crippen molar-refractivity contribution in [3.63, 3.8) is 0 Å². The molecule has 1 saturated carbocycles. The van der Waals surface area contributed by atoms with Gasteiger partial charge in [-0.05, 0) is 37.1 Å². The van der Waals surface area contributed by atoms with Crippen LogP contribution in [-0.4, -0.2) is 54.3 Å². The molecule has 1 aliphatic heterocycles. The van der Waals surface area contributed by atoms with Crippen LogP contribution in [0.5, 0.6) is 0 Å². The quantitative estimate of drug-likeness (QED) is 0.886. The van der Waals surface area contributed by atoms with E-state index < -0.39 is 0 Å². The number of anilines is 1. The lowest BCUT2D eigenvalue weighted by molar-refractivity contribution is -0.134. The molecule has 0 spiro atoms. The molecule has 22 heavy (non-hydrogen) atoms. The Kier molecular flexibility index (Phi) is 4.78. The van der Waals surface area contributed by atoms with E-state index in [4.69, 9.17) is 0 Å². The van der Waals surface area contributed by atoms with Crippen molar-refractivity contribution in [2.75, 3.05) is 38.0 Å². The van der Waals surface area contributed by atoms with Gasteiger partial charge < -0.3 is 10.2 Å². The van der Waals surface area contributed by atoms with Gasteiger partial charge in [-0.3, -0.25) is 14.5 Å². The molecule has 1 aromatic carbocycles. The topological polar surface area (TPSA) is 52.7 Å². The van der Waals surface area contributed by atoms with Crippen molar-refractivity contribution in [1.82, 2.24) is 9.80 Å². The number of halogens is 1. The first-order chi connectivity index (χ1) is 10.6. The molecule has 1 aliphatic carbocycles. The summed E-state index contributed by atoms with van der Waals surface area (Å²) in [6, 6.07) is 7.54. The highest BCUT2D eigenvalue weighted by Gasteiger charge is 2.34. The Morgan fingerprint density at radius 1 is 1.09 bits per heavy atom. The molecule has 118 valence electrons. The SMILES string of the molecule is O=C(CN1CCN(C(=O)C2CC2)CC1)Nc1ccc(Br)cc1. The van der Waals surface area contributed by atoms with Crippen molar-refractivity contribution in [3.05, 3.63) is 28.7 Å². The lowest BCUT2D eigenvalue weighted by Crippen LogP contribution is -2.50. The zero-order valence-corrected chi connectivity index (χ0v) is 14.0. The Bertz CT molecular complexity index is 549. The van der Waals surface area contributed by atoms with Crippen molar-refractivity contribution in [1.29, 1.82) is 0 Å². The van der Waals surface area contributed by atoms with E-state index in [1.807, 2.05) is 29.2 Å². The van der Waals surface area contributed by atoms with E-state index in [9.17, 15) is 9.59 Å². The molecular weight excluding hydrogens is 346 g/mol. The Morgan fingerprint density at radius 2 is 1.73 bits per heavy atom. The maximum absolute atomic E-state index is 12.1. The van der Waals surface area contributed by atoms with Crippen LogP contribution in [-0.2, 0) is 9.59 Å². The van der Waals surface area contributed by atoms with E-state index in [0.29, 0.717) is 12.5 Å². The van der Waals surface area contributed by atoms with Crippen LogP contribution >= 0.6 is 15.9 Å². The number of carbonyl (C=O) groups excluding carboxylic acids is 2. The zero-order chi connectivity index (χ0) is 15.5. The van der Waals surface area contributed by atoms with Gasteiger partial charge in [-0.25, -0.2) is 0 Å². The van der Waals surface area contributed by atoms with Gasteiger partial charge in [0.1, 0.15) is 0 Å². The van der Waals surface area contributed by atoms with Crippen LogP contribution in [0.25, 0.3) is 0 Å². The summed E-state index contributed by atoms with van der Waals surface area (Å²) in [5, 5.41) is 2.90. The lowest BCUT2D eigenvalue weighted by Gasteiger charge is -2.34. The van der Waals surface area contributed by atoms with E-state index in [1.165, 1.54) is 0 Å². The first-order valence-electron chi connectivity index (χ1n) is 7.68. The number of rotatable bonds is 4. The number of hydrogen-bond donors (Lipinski definition) is 1.